The summed E-state index contributed by atoms with van der Waals surface area (Å²) < 4.78 is 21.4. The van der Waals surface area contributed by atoms with Crippen LogP contribution in [0.25, 0.3) is 11.3 Å². The molecule has 2 aromatic carbocycles. The van der Waals surface area contributed by atoms with E-state index in [0.29, 0.717) is 12.3 Å². The van der Waals surface area contributed by atoms with Gasteiger partial charge in [-0.05, 0) is 74.2 Å². The quantitative estimate of drug-likeness (QED) is 0.233. The molecule has 1 aliphatic heterocycles. The van der Waals surface area contributed by atoms with E-state index in [9.17, 15) is 0 Å². The van der Waals surface area contributed by atoms with Gasteiger partial charge in [0.05, 0.1) is 13.1 Å². The second kappa shape index (κ2) is 12.2. The van der Waals surface area contributed by atoms with Crippen molar-refractivity contribution in [1.29, 1.82) is 0 Å². The van der Waals surface area contributed by atoms with Gasteiger partial charge in [0.15, 0.2) is 12.1 Å². The molecule has 202 valence electrons. The van der Waals surface area contributed by atoms with Gasteiger partial charge in [0, 0.05) is 54.2 Å². The predicted octanol–water partition coefficient (Wildman–Crippen LogP) is 5.84. The molecule has 4 heterocycles. The third kappa shape index (κ3) is 6.40. The predicted molar refractivity (Wildman–Crippen MR) is 150 cm³/mol. The molecule has 2 atom stereocenters. The van der Waals surface area contributed by atoms with Gasteiger partial charge < -0.3 is 18.6 Å². The maximum Gasteiger partial charge on any atom is 0.167 e. The van der Waals surface area contributed by atoms with Crippen LogP contribution in [0, 0.1) is 11.8 Å². The fourth-order valence-corrected chi connectivity index (χ4v) is 4.75. The number of aromatic nitrogens is 5. The van der Waals surface area contributed by atoms with E-state index in [1.165, 1.54) is 5.56 Å². The lowest BCUT2D eigenvalue weighted by Crippen LogP contribution is -2.24. The maximum absolute atomic E-state index is 6.11. The molecule has 0 aliphatic carbocycles. The zero-order chi connectivity index (χ0) is 27.1. The molecule has 2 unspecified atom stereocenters. The highest BCUT2D eigenvalue weighted by Gasteiger charge is 2.21. The Balaban J connectivity index is 1.06. The van der Waals surface area contributed by atoms with E-state index < -0.39 is 0 Å². The number of hydrogen-bond acceptors (Lipinski definition) is 6. The molecule has 0 saturated carbocycles. The molecule has 0 N–H and O–H groups in total. The summed E-state index contributed by atoms with van der Waals surface area (Å²) in [6.07, 6.45) is 10.3. The number of ether oxygens (including phenoxy) is 2. The zero-order valence-electron chi connectivity index (χ0n) is 22.4. The summed E-state index contributed by atoms with van der Waals surface area (Å²) in [7, 11) is 0. The molecule has 0 radical (unpaired) electrons. The van der Waals surface area contributed by atoms with E-state index in [0.717, 1.165) is 60.6 Å². The van der Waals surface area contributed by atoms with Gasteiger partial charge in [-0.25, -0.2) is 4.98 Å². The molecular weight excluding hydrogens is 502 g/mol. The highest BCUT2D eigenvalue weighted by Crippen LogP contribution is 2.25. The van der Waals surface area contributed by atoms with Crippen LogP contribution in [0.15, 0.2) is 90.0 Å². The molecule has 1 aliphatic rings. The Morgan fingerprint density at radius 3 is 2.50 bits per heavy atom. The van der Waals surface area contributed by atoms with Crippen molar-refractivity contribution in [1.82, 2.24) is 24.5 Å². The van der Waals surface area contributed by atoms with Gasteiger partial charge in [-0.1, -0.05) is 29.1 Å². The minimum atomic E-state index is -0.182. The normalized spacial score (nSPS) is 15.9. The Bertz CT molecular complexity index is 1570. The fourth-order valence-electron chi connectivity index (χ4n) is 4.75. The second-order valence-electron chi connectivity index (χ2n) is 9.90. The first-order valence-corrected chi connectivity index (χ1v) is 13.6. The Hall–Kier alpha value is -4.45. The van der Waals surface area contributed by atoms with E-state index in [1.807, 2.05) is 77.1 Å². The van der Waals surface area contributed by atoms with Crippen LogP contribution in [0.2, 0.25) is 0 Å². The van der Waals surface area contributed by atoms with Crippen molar-refractivity contribution in [3.8, 4) is 23.2 Å². The van der Waals surface area contributed by atoms with Gasteiger partial charge in [-0.15, -0.1) is 0 Å². The van der Waals surface area contributed by atoms with Crippen LogP contribution < -0.4 is 0 Å². The van der Waals surface area contributed by atoms with Crippen LogP contribution in [-0.2, 0) is 22.6 Å². The fraction of sp³-hybridized carbons (Fsp3) is 0.281. The summed E-state index contributed by atoms with van der Waals surface area (Å²) in [5.41, 5.74) is 4.85. The summed E-state index contributed by atoms with van der Waals surface area (Å²) in [4.78, 5) is 4.52. The molecule has 8 nitrogen and oxygen atoms in total. The summed E-state index contributed by atoms with van der Waals surface area (Å²) >= 11 is 0. The first-order chi connectivity index (χ1) is 19.7. The SMILES string of the molecule is CC(OC1CCCCO1)c1nccn1Cc1cc(-c2ccc(C#Cc3ccc(Cn4cccn4)cc3)cc2)on1. The van der Waals surface area contributed by atoms with Crippen molar-refractivity contribution < 1.29 is 14.0 Å². The molecule has 0 spiro atoms. The van der Waals surface area contributed by atoms with Crippen LogP contribution in [0.3, 0.4) is 0 Å². The van der Waals surface area contributed by atoms with Crippen LogP contribution in [-0.4, -0.2) is 37.4 Å². The van der Waals surface area contributed by atoms with Gasteiger partial charge in [-0.2, -0.15) is 5.10 Å². The molecule has 5 aromatic rings. The zero-order valence-corrected chi connectivity index (χ0v) is 22.4. The molecule has 0 amide bonds. The topological polar surface area (TPSA) is 80.1 Å². The monoisotopic (exact) mass is 533 g/mol. The van der Waals surface area contributed by atoms with E-state index in [2.05, 4.69) is 39.2 Å². The molecule has 1 saturated heterocycles. The minimum Gasteiger partial charge on any atom is -0.356 e. The van der Waals surface area contributed by atoms with Gasteiger partial charge in [-0.3, -0.25) is 4.68 Å². The van der Waals surface area contributed by atoms with Crippen LogP contribution in [0.5, 0.6) is 0 Å². The summed E-state index contributed by atoms with van der Waals surface area (Å²) in [5.74, 6) is 8.03. The lowest BCUT2D eigenvalue weighted by molar-refractivity contribution is -0.188. The van der Waals surface area contributed by atoms with Crippen molar-refractivity contribution in [3.63, 3.8) is 0 Å². The van der Waals surface area contributed by atoms with Crippen LogP contribution in [0.4, 0.5) is 0 Å². The van der Waals surface area contributed by atoms with Crippen molar-refractivity contribution in [2.45, 2.75) is 51.7 Å². The number of benzene rings is 2. The summed E-state index contributed by atoms with van der Waals surface area (Å²) in [5, 5.41) is 8.54. The third-order valence-corrected chi connectivity index (χ3v) is 6.87. The van der Waals surface area contributed by atoms with Crippen molar-refractivity contribution in [2.24, 2.45) is 0 Å². The molecule has 1 fully saturated rings. The first-order valence-electron chi connectivity index (χ1n) is 13.6. The summed E-state index contributed by atoms with van der Waals surface area (Å²) in [6.45, 7) is 4.05. The molecule has 6 rings (SSSR count). The second-order valence-corrected chi connectivity index (χ2v) is 9.90. The van der Waals surface area contributed by atoms with Crippen molar-refractivity contribution in [2.75, 3.05) is 6.61 Å². The molecule has 40 heavy (non-hydrogen) atoms. The van der Waals surface area contributed by atoms with Crippen LogP contribution >= 0.6 is 0 Å². The van der Waals surface area contributed by atoms with Gasteiger partial charge >= 0.3 is 0 Å². The van der Waals surface area contributed by atoms with E-state index in [-0.39, 0.29) is 12.4 Å². The summed E-state index contributed by atoms with van der Waals surface area (Å²) in [6, 6.07) is 20.1. The molecular formula is C32H31N5O3. The highest BCUT2D eigenvalue weighted by atomic mass is 16.7. The minimum absolute atomic E-state index is 0.168. The average molecular weight is 534 g/mol. The average Bonchev–Trinajstić information content (AvgIpc) is 3.77. The lowest BCUT2D eigenvalue weighted by Gasteiger charge is -2.26. The molecule has 8 heteroatoms. The van der Waals surface area contributed by atoms with E-state index in [1.54, 1.807) is 12.4 Å². The smallest absolute Gasteiger partial charge is 0.167 e. The maximum atomic E-state index is 6.11. The third-order valence-electron chi connectivity index (χ3n) is 6.87. The van der Waals surface area contributed by atoms with Gasteiger partial charge in [0.1, 0.15) is 17.6 Å². The van der Waals surface area contributed by atoms with Crippen molar-refractivity contribution >= 4 is 0 Å². The first kappa shape index (κ1) is 25.8. The van der Waals surface area contributed by atoms with E-state index in [4.69, 9.17) is 14.0 Å². The lowest BCUT2D eigenvalue weighted by atomic mass is 10.1. The standard InChI is InChI=1S/C32H31N5O3/c1-24(39-31-5-2-3-20-38-31)32-33-17-19-36(32)23-29-21-30(40-35-29)28-14-12-26(13-15-28)7-6-25-8-10-27(11-9-25)22-37-18-4-16-34-37/h4,8-19,21,24,31H,2-3,5,20,22-23H2,1H3. The van der Waals surface area contributed by atoms with Gasteiger partial charge in [0.2, 0.25) is 0 Å². The Morgan fingerprint density at radius 2 is 1.77 bits per heavy atom. The molecule has 3 aromatic heterocycles. The Labute approximate surface area is 233 Å². The Morgan fingerprint density at radius 1 is 0.975 bits per heavy atom. The van der Waals surface area contributed by atoms with E-state index >= 15 is 0 Å². The number of nitrogens with zero attached hydrogens (tertiary/aromatic N) is 5. The van der Waals surface area contributed by atoms with Crippen molar-refractivity contribution in [3.05, 3.63) is 114 Å². The highest BCUT2D eigenvalue weighted by molar-refractivity contribution is 5.59. The number of rotatable bonds is 8. The Kier molecular flexibility index (Phi) is 7.85. The van der Waals surface area contributed by atoms with Gasteiger partial charge in [0.25, 0.3) is 0 Å². The number of imidazole rings is 1. The largest absolute Gasteiger partial charge is 0.356 e. The molecule has 0 bridgehead atoms. The van der Waals surface area contributed by atoms with Crippen LogP contribution in [0.1, 0.15) is 60.5 Å². The number of hydrogen-bond donors (Lipinski definition) is 0.